The van der Waals surface area contributed by atoms with E-state index in [-0.39, 0.29) is 12.6 Å². The van der Waals surface area contributed by atoms with Gasteiger partial charge in [-0.25, -0.2) is 4.79 Å². The Morgan fingerprint density at radius 3 is 1.84 bits per heavy atom. The summed E-state index contributed by atoms with van der Waals surface area (Å²) in [5.74, 6) is -0.501. The summed E-state index contributed by atoms with van der Waals surface area (Å²) < 4.78 is 9.33. The fourth-order valence-corrected chi connectivity index (χ4v) is 1.04. The molecule has 0 aromatic heterocycles. The normalized spacial score (nSPS) is 9.26. The first kappa shape index (κ1) is 17.3. The van der Waals surface area contributed by atoms with Crippen molar-refractivity contribution in [3.05, 3.63) is 35.4 Å². The van der Waals surface area contributed by atoms with Crippen LogP contribution in [-0.2, 0) is 9.47 Å². The lowest BCUT2D eigenvalue weighted by Gasteiger charge is -2.03. The predicted octanol–water partition coefficient (Wildman–Crippen LogP) is 3.46. The molecule has 1 aromatic carbocycles. The standard InChI is InChI=1S/C11H12O4.C4H10/c1-8(12)9-3-5-10(6-4-9)11(13)15-7-14-2;1-3-4-2/h3-6H,7H2,1-2H3;3-4H2,1-2H3. The van der Waals surface area contributed by atoms with E-state index < -0.39 is 5.97 Å². The second-order valence-corrected chi connectivity index (χ2v) is 3.97. The zero-order valence-electron chi connectivity index (χ0n) is 12.1. The lowest BCUT2D eigenvalue weighted by atomic mass is 10.1. The number of carbonyl (C=O) groups is 2. The van der Waals surface area contributed by atoms with Crippen molar-refractivity contribution >= 4 is 11.8 Å². The van der Waals surface area contributed by atoms with Gasteiger partial charge in [-0.2, -0.15) is 0 Å². The molecule has 0 unspecified atom stereocenters. The number of ketones is 1. The van der Waals surface area contributed by atoms with E-state index in [2.05, 4.69) is 18.6 Å². The number of methoxy groups -OCH3 is 1. The second-order valence-electron chi connectivity index (χ2n) is 3.97. The van der Waals surface area contributed by atoms with Crippen molar-refractivity contribution in [3.8, 4) is 0 Å². The molecule has 0 heterocycles. The van der Waals surface area contributed by atoms with Crippen molar-refractivity contribution in [2.24, 2.45) is 0 Å². The van der Waals surface area contributed by atoms with Crippen LogP contribution in [-0.4, -0.2) is 25.7 Å². The van der Waals surface area contributed by atoms with E-state index in [9.17, 15) is 9.59 Å². The van der Waals surface area contributed by atoms with Gasteiger partial charge < -0.3 is 9.47 Å². The summed E-state index contributed by atoms with van der Waals surface area (Å²) in [7, 11) is 1.44. The topological polar surface area (TPSA) is 52.6 Å². The Labute approximate surface area is 114 Å². The molecule has 0 saturated carbocycles. The summed E-state index contributed by atoms with van der Waals surface area (Å²) in [6.45, 7) is 5.76. The highest BCUT2D eigenvalue weighted by atomic mass is 16.7. The summed E-state index contributed by atoms with van der Waals surface area (Å²) in [6.07, 6.45) is 2.64. The highest BCUT2D eigenvalue weighted by Gasteiger charge is 2.07. The van der Waals surface area contributed by atoms with Crippen LogP contribution in [0.2, 0.25) is 0 Å². The molecule has 0 aliphatic carbocycles. The number of ether oxygens (including phenoxy) is 2. The molecule has 106 valence electrons. The van der Waals surface area contributed by atoms with Crippen molar-refractivity contribution in [2.75, 3.05) is 13.9 Å². The minimum absolute atomic E-state index is 0.0354. The average molecular weight is 266 g/mol. The Hall–Kier alpha value is -1.68. The first-order chi connectivity index (χ1) is 9.06. The molecule has 0 spiro atoms. The smallest absolute Gasteiger partial charge is 0.340 e. The maximum Gasteiger partial charge on any atom is 0.340 e. The average Bonchev–Trinajstić information content (AvgIpc) is 2.45. The van der Waals surface area contributed by atoms with E-state index in [0.717, 1.165) is 0 Å². The van der Waals surface area contributed by atoms with Gasteiger partial charge in [0.2, 0.25) is 0 Å². The Bertz CT molecular complexity index is 380. The fourth-order valence-electron chi connectivity index (χ4n) is 1.04. The first-order valence-electron chi connectivity index (χ1n) is 6.33. The van der Waals surface area contributed by atoms with E-state index in [1.165, 1.54) is 26.9 Å². The Balaban J connectivity index is 0.000000711. The van der Waals surface area contributed by atoms with Gasteiger partial charge in [0.25, 0.3) is 0 Å². The van der Waals surface area contributed by atoms with Gasteiger partial charge in [0.05, 0.1) is 5.56 Å². The molecule has 0 bridgehead atoms. The van der Waals surface area contributed by atoms with Gasteiger partial charge in [-0.3, -0.25) is 4.79 Å². The van der Waals surface area contributed by atoms with E-state index >= 15 is 0 Å². The molecule has 0 radical (unpaired) electrons. The summed E-state index contributed by atoms with van der Waals surface area (Å²) in [4.78, 5) is 22.3. The first-order valence-corrected chi connectivity index (χ1v) is 6.33. The van der Waals surface area contributed by atoms with Gasteiger partial charge in [-0.15, -0.1) is 0 Å². The highest BCUT2D eigenvalue weighted by molar-refractivity contribution is 5.96. The second kappa shape index (κ2) is 10.3. The molecule has 0 aliphatic rings. The Morgan fingerprint density at radius 1 is 1.00 bits per heavy atom. The molecule has 1 aromatic rings. The molecule has 0 aliphatic heterocycles. The van der Waals surface area contributed by atoms with E-state index in [1.54, 1.807) is 24.3 Å². The number of esters is 1. The van der Waals surface area contributed by atoms with E-state index in [1.807, 2.05) is 0 Å². The van der Waals surface area contributed by atoms with E-state index in [0.29, 0.717) is 11.1 Å². The molecule has 0 saturated heterocycles. The largest absolute Gasteiger partial charge is 0.435 e. The van der Waals surface area contributed by atoms with Crippen LogP contribution in [0.15, 0.2) is 24.3 Å². The van der Waals surface area contributed by atoms with Crippen LogP contribution in [0.1, 0.15) is 54.3 Å². The van der Waals surface area contributed by atoms with Crippen LogP contribution in [0.3, 0.4) is 0 Å². The minimum Gasteiger partial charge on any atom is -0.435 e. The molecule has 0 amide bonds. The number of Topliss-reactive ketones (excluding diaryl/α,β-unsaturated/α-hetero) is 1. The lowest BCUT2D eigenvalue weighted by molar-refractivity contribution is -0.0125. The Kier molecular flexibility index (Phi) is 9.35. The zero-order valence-corrected chi connectivity index (χ0v) is 12.1. The van der Waals surface area contributed by atoms with Crippen LogP contribution in [0.4, 0.5) is 0 Å². The highest BCUT2D eigenvalue weighted by Crippen LogP contribution is 2.06. The summed E-state index contributed by atoms with van der Waals surface area (Å²) in [5, 5.41) is 0. The van der Waals surface area contributed by atoms with Crippen LogP contribution in [0, 0.1) is 0 Å². The van der Waals surface area contributed by atoms with Crippen molar-refractivity contribution in [1.29, 1.82) is 0 Å². The SMILES string of the molecule is CCCC.COCOC(=O)c1ccc(C(C)=O)cc1. The van der Waals surface area contributed by atoms with E-state index in [4.69, 9.17) is 4.74 Å². The molecule has 1 rings (SSSR count). The molecular weight excluding hydrogens is 244 g/mol. The van der Waals surface area contributed by atoms with Gasteiger partial charge in [0.1, 0.15) is 0 Å². The van der Waals surface area contributed by atoms with Crippen LogP contribution < -0.4 is 0 Å². The van der Waals surface area contributed by atoms with Gasteiger partial charge in [0.15, 0.2) is 12.6 Å². The van der Waals surface area contributed by atoms with Crippen LogP contribution in [0.25, 0.3) is 0 Å². The van der Waals surface area contributed by atoms with Crippen LogP contribution >= 0.6 is 0 Å². The summed E-state index contributed by atoms with van der Waals surface area (Å²) in [6, 6.07) is 6.28. The number of unbranched alkanes of at least 4 members (excludes halogenated alkanes) is 1. The monoisotopic (exact) mass is 266 g/mol. The Morgan fingerprint density at radius 2 is 1.47 bits per heavy atom. The molecule has 19 heavy (non-hydrogen) atoms. The molecule has 0 atom stereocenters. The number of carbonyl (C=O) groups excluding carboxylic acids is 2. The number of rotatable bonds is 5. The number of hydrogen-bond donors (Lipinski definition) is 0. The fraction of sp³-hybridized carbons (Fsp3) is 0.467. The predicted molar refractivity (Wildman–Crippen MR) is 74.3 cm³/mol. The molecule has 4 nitrogen and oxygen atoms in total. The third-order valence-electron chi connectivity index (χ3n) is 2.33. The third-order valence-corrected chi connectivity index (χ3v) is 2.33. The maximum atomic E-state index is 11.3. The van der Waals surface area contributed by atoms with Crippen LogP contribution in [0.5, 0.6) is 0 Å². The van der Waals surface area contributed by atoms with Crippen molar-refractivity contribution in [2.45, 2.75) is 33.6 Å². The van der Waals surface area contributed by atoms with Crippen molar-refractivity contribution < 1.29 is 19.1 Å². The quantitative estimate of drug-likeness (QED) is 0.465. The van der Waals surface area contributed by atoms with Gasteiger partial charge in [-0.05, 0) is 19.1 Å². The lowest BCUT2D eigenvalue weighted by Crippen LogP contribution is -2.07. The van der Waals surface area contributed by atoms with Gasteiger partial charge in [0, 0.05) is 12.7 Å². The summed E-state index contributed by atoms with van der Waals surface area (Å²) >= 11 is 0. The zero-order chi connectivity index (χ0) is 14.7. The number of benzene rings is 1. The third kappa shape index (κ3) is 7.36. The minimum atomic E-state index is -0.466. The van der Waals surface area contributed by atoms with Gasteiger partial charge in [-0.1, -0.05) is 38.8 Å². The summed E-state index contributed by atoms with van der Waals surface area (Å²) in [5.41, 5.74) is 0.968. The molecular formula is C15H22O4. The van der Waals surface area contributed by atoms with Crippen molar-refractivity contribution in [1.82, 2.24) is 0 Å². The molecule has 0 fully saturated rings. The molecule has 0 N–H and O–H groups in total. The van der Waals surface area contributed by atoms with Gasteiger partial charge >= 0.3 is 5.97 Å². The number of hydrogen-bond acceptors (Lipinski definition) is 4. The van der Waals surface area contributed by atoms with Crippen molar-refractivity contribution in [3.63, 3.8) is 0 Å². The maximum absolute atomic E-state index is 11.3. The molecule has 4 heteroatoms.